The molecule has 3 N–H and O–H groups in total. The summed E-state index contributed by atoms with van der Waals surface area (Å²) < 4.78 is 54.6. The molecule has 18 heteroatoms. The van der Waals surface area contributed by atoms with Gasteiger partial charge < -0.3 is 58.0 Å². The highest BCUT2D eigenvalue weighted by Gasteiger charge is 2.88. The standard InChI is InChI=1S/C66H72O18/c1-7-37-76-49-25-13-43(14-26-49)56(68)64(82-61(73)46-19-31-52(32-20-46)79-40-10-4)59(71)55(67)60(72)65(57(69)44-15-27-50(28-16-44)77-38-8-2,83-62(74)47-21-33-53(34-22-47)80-41-11-5)66(64,58(70)45-17-29-51(30-18-45)78-39-9-3)84-63(75)48-23-35-54(36-24-48)81-42-12-6/h13-36,55,59-60,67,71-72H,7-12,37-42H2,1-6H3/t55?,59-,60+,64+,65-,66?. The highest BCUT2D eigenvalue weighted by molar-refractivity contribution is 6.21. The van der Waals surface area contributed by atoms with Gasteiger partial charge in [0.1, 0.15) is 52.8 Å². The van der Waals surface area contributed by atoms with E-state index in [2.05, 4.69) is 0 Å². The quantitative estimate of drug-likeness (QED) is 0.0216. The van der Waals surface area contributed by atoms with E-state index in [1.54, 1.807) is 0 Å². The van der Waals surface area contributed by atoms with Crippen LogP contribution in [-0.4, -0.2) is 125 Å². The van der Waals surface area contributed by atoms with Crippen molar-refractivity contribution < 1.29 is 86.7 Å². The lowest BCUT2D eigenvalue weighted by Gasteiger charge is -2.60. The number of esters is 3. The molecule has 7 rings (SSSR count). The van der Waals surface area contributed by atoms with Gasteiger partial charge in [-0.15, -0.1) is 0 Å². The van der Waals surface area contributed by atoms with E-state index < -0.39 is 92.6 Å². The van der Waals surface area contributed by atoms with Crippen molar-refractivity contribution in [2.75, 3.05) is 39.6 Å². The molecule has 6 aromatic carbocycles. The molecule has 2 unspecified atom stereocenters. The van der Waals surface area contributed by atoms with Gasteiger partial charge in [-0.3, -0.25) is 14.4 Å². The number of rotatable bonds is 30. The van der Waals surface area contributed by atoms with Gasteiger partial charge in [0, 0.05) is 16.7 Å². The fraction of sp³-hybridized carbons (Fsp3) is 0.364. The fourth-order valence-electron chi connectivity index (χ4n) is 9.56. The van der Waals surface area contributed by atoms with E-state index in [4.69, 9.17) is 42.6 Å². The van der Waals surface area contributed by atoms with Gasteiger partial charge in [-0.25, -0.2) is 14.4 Å². The molecule has 0 radical (unpaired) electrons. The van der Waals surface area contributed by atoms with Gasteiger partial charge in [0.2, 0.25) is 17.3 Å². The Kier molecular flexibility index (Phi) is 21.8. The van der Waals surface area contributed by atoms with E-state index in [-0.39, 0.29) is 54.8 Å². The summed E-state index contributed by atoms with van der Waals surface area (Å²) in [7, 11) is 0. The zero-order chi connectivity index (χ0) is 60.4. The van der Waals surface area contributed by atoms with Crippen molar-refractivity contribution >= 4 is 35.3 Å². The molecule has 18 nitrogen and oxygen atoms in total. The van der Waals surface area contributed by atoms with Crippen molar-refractivity contribution in [3.63, 3.8) is 0 Å². The number of hydrogen-bond acceptors (Lipinski definition) is 18. The average molecular weight is 1150 g/mol. The molecule has 0 saturated heterocycles. The van der Waals surface area contributed by atoms with Crippen LogP contribution >= 0.6 is 0 Å². The van der Waals surface area contributed by atoms with Crippen LogP contribution in [0, 0.1) is 0 Å². The Morgan fingerprint density at radius 1 is 0.310 bits per heavy atom. The number of Topliss-reactive ketones (excluding diaryl/α,β-unsaturated/α-hetero) is 3. The van der Waals surface area contributed by atoms with Gasteiger partial charge in [0.25, 0.3) is 16.8 Å². The van der Waals surface area contributed by atoms with Crippen molar-refractivity contribution in [3.05, 3.63) is 179 Å². The fourth-order valence-corrected chi connectivity index (χ4v) is 9.56. The minimum absolute atomic E-state index is 0.222. The number of benzene rings is 6. The van der Waals surface area contributed by atoms with E-state index in [1.807, 2.05) is 41.5 Å². The molecule has 0 bridgehead atoms. The lowest BCUT2D eigenvalue weighted by molar-refractivity contribution is -0.293. The van der Waals surface area contributed by atoms with Crippen LogP contribution in [0.3, 0.4) is 0 Å². The molecule has 0 heterocycles. The number of aliphatic hydroxyl groups excluding tert-OH is 3. The van der Waals surface area contributed by atoms with Crippen LogP contribution in [0.25, 0.3) is 0 Å². The Morgan fingerprint density at radius 3 is 0.738 bits per heavy atom. The number of ketones is 3. The van der Waals surface area contributed by atoms with Gasteiger partial charge in [-0.2, -0.15) is 0 Å². The average Bonchev–Trinajstić information content (AvgIpc) is 0.679. The first-order chi connectivity index (χ1) is 40.6. The molecular weight excluding hydrogens is 1080 g/mol. The summed E-state index contributed by atoms with van der Waals surface area (Å²) in [5.74, 6) is -7.83. The molecule has 1 aliphatic carbocycles. The molecule has 0 spiro atoms. The summed E-state index contributed by atoms with van der Waals surface area (Å²) in [5, 5.41) is 39.4. The molecular formula is C66H72O18. The minimum Gasteiger partial charge on any atom is -0.494 e. The summed E-state index contributed by atoms with van der Waals surface area (Å²) in [6.45, 7) is 12.9. The van der Waals surface area contributed by atoms with E-state index in [9.17, 15) is 15.3 Å². The third kappa shape index (κ3) is 13.3. The van der Waals surface area contributed by atoms with Gasteiger partial charge in [0.05, 0.1) is 56.3 Å². The van der Waals surface area contributed by atoms with Crippen LogP contribution in [0.4, 0.5) is 0 Å². The number of carbonyl (C=O) groups excluding carboxylic acids is 6. The molecule has 1 aliphatic rings. The molecule has 1 saturated carbocycles. The molecule has 0 aromatic heterocycles. The smallest absolute Gasteiger partial charge is 0.339 e. The predicted molar refractivity (Wildman–Crippen MR) is 309 cm³/mol. The predicted octanol–water partition coefficient (Wildman–Crippen LogP) is 10.3. The Hall–Kier alpha value is -8.58. The zero-order valence-corrected chi connectivity index (χ0v) is 48.0. The summed E-state index contributed by atoms with van der Waals surface area (Å²) >= 11 is 0. The van der Waals surface area contributed by atoms with Crippen LogP contribution in [0.5, 0.6) is 34.5 Å². The molecule has 444 valence electrons. The second-order valence-corrected chi connectivity index (χ2v) is 19.9. The number of aliphatic hydroxyl groups is 3. The Labute approximate surface area is 488 Å². The van der Waals surface area contributed by atoms with Gasteiger partial charge >= 0.3 is 17.9 Å². The molecule has 1 fully saturated rings. The van der Waals surface area contributed by atoms with Crippen molar-refractivity contribution in [3.8, 4) is 34.5 Å². The third-order valence-corrected chi connectivity index (χ3v) is 13.7. The van der Waals surface area contributed by atoms with Crippen LogP contribution in [0.2, 0.25) is 0 Å². The summed E-state index contributed by atoms with van der Waals surface area (Å²) in [6.07, 6.45) is -5.40. The maximum Gasteiger partial charge on any atom is 0.339 e. The Morgan fingerprint density at radius 2 is 0.512 bits per heavy atom. The number of ether oxygens (including phenoxy) is 9. The normalized spacial score (nSPS) is 19.9. The second-order valence-electron chi connectivity index (χ2n) is 19.9. The second kappa shape index (κ2) is 29.1. The van der Waals surface area contributed by atoms with E-state index in [1.165, 1.54) is 146 Å². The van der Waals surface area contributed by atoms with Crippen LogP contribution < -0.4 is 28.4 Å². The third-order valence-electron chi connectivity index (χ3n) is 13.7. The first-order valence-electron chi connectivity index (χ1n) is 28.3. The monoisotopic (exact) mass is 1150 g/mol. The topological polar surface area (TPSA) is 246 Å². The summed E-state index contributed by atoms with van der Waals surface area (Å²) in [4.78, 5) is 97.4. The zero-order valence-electron chi connectivity index (χ0n) is 48.0. The molecule has 84 heavy (non-hydrogen) atoms. The van der Waals surface area contributed by atoms with E-state index in [0.717, 1.165) is 0 Å². The largest absolute Gasteiger partial charge is 0.494 e. The molecule has 6 aromatic rings. The van der Waals surface area contributed by atoms with Gasteiger partial charge in [0.15, 0.2) is 0 Å². The highest BCUT2D eigenvalue weighted by atomic mass is 16.7. The Bertz CT molecular complexity index is 3010. The lowest BCUT2D eigenvalue weighted by Crippen LogP contribution is -2.91. The van der Waals surface area contributed by atoms with Crippen LogP contribution in [0.15, 0.2) is 146 Å². The maximum absolute atomic E-state index is 17.2. The first-order valence-corrected chi connectivity index (χ1v) is 28.3. The van der Waals surface area contributed by atoms with E-state index in [0.29, 0.717) is 69.0 Å². The maximum atomic E-state index is 17.2. The number of carbonyl (C=O) groups is 6. The summed E-state index contributed by atoms with van der Waals surface area (Å²) in [6, 6.07) is 31.0. The van der Waals surface area contributed by atoms with Gasteiger partial charge in [-0.1, -0.05) is 41.5 Å². The van der Waals surface area contributed by atoms with Crippen LogP contribution in [-0.2, 0) is 14.2 Å². The number of hydrogen-bond donors (Lipinski definition) is 3. The first kappa shape index (κ1) is 63.0. The van der Waals surface area contributed by atoms with Crippen molar-refractivity contribution in [1.29, 1.82) is 0 Å². The molecule has 0 aliphatic heterocycles. The van der Waals surface area contributed by atoms with E-state index >= 15 is 28.8 Å². The van der Waals surface area contributed by atoms with Crippen molar-refractivity contribution in [2.45, 2.75) is 115 Å². The summed E-state index contributed by atoms with van der Waals surface area (Å²) in [5.41, 5.74) is -14.9. The van der Waals surface area contributed by atoms with Gasteiger partial charge in [-0.05, 0) is 184 Å². The van der Waals surface area contributed by atoms with Crippen molar-refractivity contribution in [1.82, 2.24) is 0 Å². The van der Waals surface area contributed by atoms with Crippen molar-refractivity contribution in [2.24, 2.45) is 0 Å². The molecule has 0 amide bonds. The minimum atomic E-state index is -4.18. The highest BCUT2D eigenvalue weighted by Crippen LogP contribution is 2.56. The Balaban J connectivity index is 1.68. The lowest BCUT2D eigenvalue weighted by atomic mass is 9.52. The SMILES string of the molecule is CCCOc1ccc(C(=O)OC2(C(=O)c3ccc(OCCC)cc3)[C@@](OC(=O)c3ccc(OCCC)cc3)(C(=O)c3ccc(OCCC)cc3)[C@@H](O)C(O)[C@@H](O)[C@@]2(OC(=O)c2ccc(OCCC)cc2)C(=O)c2ccc(OCCC)cc2)cc1. The molecule has 6 atom stereocenters. The van der Waals surface area contributed by atoms with Crippen LogP contribution in [0.1, 0.15) is 142 Å².